The number of esters is 1. The predicted octanol–water partition coefficient (Wildman–Crippen LogP) is 0.771. The number of carbonyl (C=O) groups excluding carboxylic acids is 2. The van der Waals surface area contributed by atoms with Crippen LogP contribution in [0.3, 0.4) is 0 Å². The van der Waals surface area contributed by atoms with E-state index in [4.69, 9.17) is 5.73 Å². The number of methoxy groups -OCH3 is 1. The van der Waals surface area contributed by atoms with E-state index in [1.807, 2.05) is 6.92 Å². The number of carbonyl (C=O) groups is 2. The Morgan fingerprint density at radius 2 is 2.17 bits per heavy atom. The minimum Gasteiger partial charge on any atom is -0.469 e. The summed E-state index contributed by atoms with van der Waals surface area (Å²) >= 11 is 0. The second-order valence-electron chi connectivity index (χ2n) is 5.53. The molecule has 0 spiro atoms. The van der Waals surface area contributed by atoms with Gasteiger partial charge in [0.2, 0.25) is 5.91 Å². The molecule has 1 fully saturated rings. The van der Waals surface area contributed by atoms with Crippen LogP contribution in [0, 0.1) is 11.3 Å². The third-order valence-electron chi connectivity index (χ3n) is 4.02. The maximum Gasteiger partial charge on any atom is 0.310 e. The lowest BCUT2D eigenvalue weighted by molar-refractivity contribution is -0.147. The van der Waals surface area contributed by atoms with Crippen LogP contribution in [-0.2, 0) is 14.3 Å². The lowest BCUT2D eigenvalue weighted by Gasteiger charge is -2.33. The molecule has 1 aliphatic rings. The Hall–Kier alpha value is -1.10. The second-order valence-corrected chi connectivity index (χ2v) is 5.53. The molecule has 3 unspecified atom stereocenters. The number of nitrogens with two attached hydrogens (primary N) is 1. The lowest BCUT2D eigenvalue weighted by atomic mass is 9.83. The average Bonchev–Trinajstić information content (AvgIpc) is 2.68. The molecule has 0 aliphatic heterocycles. The Balaban J connectivity index is 2.64. The SMILES string of the molecule is COC(=O)C(C)CN(C)C(=O)C1(C)CCCC1N. The van der Waals surface area contributed by atoms with E-state index in [2.05, 4.69) is 4.74 Å². The summed E-state index contributed by atoms with van der Waals surface area (Å²) in [5, 5.41) is 0. The van der Waals surface area contributed by atoms with Crippen LogP contribution < -0.4 is 5.73 Å². The fourth-order valence-electron chi connectivity index (χ4n) is 2.66. The number of rotatable bonds is 4. The Morgan fingerprint density at radius 3 is 2.61 bits per heavy atom. The molecule has 0 bridgehead atoms. The first kappa shape index (κ1) is 15.0. The lowest BCUT2D eigenvalue weighted by Crippen LogP contribution is -2.49. The van der Waals surface area contributed by atoms with Crippen molar-refractivity contribution in [1.29, 1.82) is 0 Å². The van der Waals surface area contributed by atoms with Crippen molar-refractivity contribution in [3.8, 4) is 0 Å². The molecule has 0 saturated heterocycles. The summed E-state index contributed by atoms with van der Waals surface area (Å²) < 4.78 is 4.66. The molecule has 1 rings (SSSR count). The molecule has 5 nitrogen and oxygen atoms in total. The number of ether oxygens (including phenoxy) is 1. The smallest absolute Gasteiger partial charge is 0.310 e. The molecule has 3 atom stereocenters. The van der Waals surface area contributed by atoms with Gasteiger partial charge >= 0.3 is 5.97 Å². The van der Waals surface area contributed by atoms with Crippen molar-refractivity contribution in [3.63, 3.8) is 0 Å². The zero-order valence-corrected chi connectivity index (χ0v) is 11.7. The van der Waals surface area contributed by atoms with Gasteiger partial charge in [0.25, 0.3) is 0 Å². The summed E-state index contributed by atoms with van der Waals surface area (Å²) in [5.74, 6) is -0.580. The third-order valence-corrected chi connectivity index (χ3v) is 4.02. The molecular formula is C13H24N2O3. The van der Waals surface area contributed by atoms with Gasteiger partial charge in [0.15, 0.2) is 0 Å². The minimum atomic E-state index is -0.482. The molecule has 0 heterocycles. The Morgan fingerprint density at radius 1 is 1.56 bits per heavy atom. The van der Waals surface area contributed by atoms with Crippen LogP contribution in [0.4, 0.5) is 0 Å². The zero-order chi connectivity index (χ0) is 13.9. The topological polar surface area (TPSA) is 72.6 Å². The molecular weight excluding hydrogens is 232 g/mol. The number of nitrogens with zero attached hydrogens (tertiary/aromatic N) is 1. The van der Waals surface area contributed by atoms with E-state index in [0.717, 1.165) is 19.3 Å². The highest BCUT2D eigenvalue weighted by atomic mass is 16.5. The van der Waals surface area contributed by atoms with Gasteiger partial charge in [-0.25, -0.2) is 0 Å². The summed E-state index contributed by atoms with van der Waals surface area (Å²) in [4.78, 5) is 25.4. The largest absolute Gasteiger partial charge is 0.469 e. The van der Waals surface area contributed by atoms with Crippen molar-refractivity contribution in [3.05, 3.63) is 0 Å². The first-order chi connectivity index (χ1) is 8.32. The van der Waals surface area contributed by atoms with E-state index in [1.54, 1.807) is 18.9 Å². The Labute approximate surface area is 109 Å². The molecule has 1 aliphatic carbocycles. The van der Waals surface area contributed by atoms with Crippen LogP contribution in [0.15, 0.2) is 0 Å². The summed E-state index contributed by atoms with van der Waals surface area (Å²) in [6.45, 7) is 4.05. The summed E-state index contributed by atoms with van der Waals surface area (Å²) in [6, 6.07) is -0.0825. The average molecular weight is 256 g/mol. The van der Waals surface area contributed by atoms with E-state index in [9.17, 15) is 9.59 Å². The van der Waals surface area contributed by atoms with Crippen molar-refractivity contribution in [1.82, 2.24) is 4.90 Å². The molecule has 0 aromatic heterocycles. The van der Waals surface area contributed by atoms with Gasteiger partial charge in [-0.15, -0.1) is 0 Å². The van der Waals surface area contributed by atoms with Gasteiger partial charge < -0.3 is 15.4 Å². The zero-order valence-electron chi connectivity index (χ0n) is 11.7. The monoisotopic (exact) mass is 256 g/mol. The molecule has 0 radical (unpaired) electrons. The molecule has 1 amide bonds. The van der Waals surface area contributed by atoms with Gasteiger partial charge in [0.1, 0.15) is 0 Å². The van der Waals surface area contributed by atoms with Gasteiger partial charge in [-0.05, 0) is 19.8 Å². The van der Waals surface area contributed by atoms with Gasteiger partial charge in [0.05, 0.1) is 18.4 Å². The molecule has 1 saturated carbocycles. The standard InChI is InChI=1S/C13H24N2O3/c1-9(11(16)18-4)8-15(3)12(17)13(2)7-5-6-10(13)14/h9-10H,5-8,14H2,1-4H3. The van der Waals surface area contributed by atoms with Crippen molar-refractivity contribution >= 4 is 11.9 Å². The third kappa shape index (κ3) is 2.83. The van der Waals surface area contributed by atoms with Crippen molar-refractivity contribution < 1.29 is 14.3 Å². The highest BCUT2D eigenvalue weighted by Gasteiger charge is 2.44. The number of hydrogen-bond acceptors (Lipinski definition) is 4. The quantitative estimate of drug-likeness (QED) is 0.754. The van der Waals surface area contributed by atoms with Crippen LogP contribution in [0.2, 0.25) is 0 Å². The highest BCUT2D eigenvalue weighted by Crippen LogP contribution is 2.38. The summed E-state index contributed by atoms with van der Waals surface area (Å²) in [7, 11) is 3.08. The minimum absolute atomic E-state index is 0.0308. The molecule has 2 N–H and O–H groups in total. The first-order valence-corrected chi connectivity index (χ1v) is 6.42. The molecule has 5 heteroatoms. The predicted molar refractivity (Wildman–Crippen MR) is 68.8 cm³/mol. The van der Waals surface area contributed by atoms with E-state index in [-0.39, 0.29) is 23.8 Å². The van der Waals surface area contributed by atoms with Gasteiger partial charge in [-0.3, -0.25) is 9.59 Å². The summed E-state index contributed by atoms with van der Waals surface area (Å²) in [6.07, 6.45) is 2.70. The van der Waals surface area contributed by atoms with Gasteiger partial charge in [-0.2, -0.15) is 0 Å². The van der Waals surface area contributed by atoms with Gasteiger partial charge in [0, 0.05) is 19.6 Å². The van der Waals surface area contributed by atoms with Crippen LogP contribution in [0.5, 0.6) is 0 Å². The van der Waals surface area contributed by atoms with Gasteiger partial charge in [-0.1, -0.05) is 13.3 Å². The van der Waals surface area contributed by atoms with Crippen molar-refractivity contribution in [2.75, 3.05) is 20.7 Å². The van der Waals surface area contributed by atoms with Crippen LogP contribution in [0.25, 0.3) is 0 Å². The fourth-order valence-corrected chi connectivity index (χ4v) is 2.66. The maximum absolute atomic E-state index is 12.4. The first-order valence-electron chi connectivity index (χ1n) is 6.42. The van der Waals surface area contributed by atoms with E-state index in [0.29, 0.717) is 6.54 Å². The molecule has 0 aromatic carbocycles. The van der Waals surface area contributed by atoms with Crippen molar-refractivity contribution in [2.45, 2.75) is 39.2 Å². The van der Waals surface area contributed by atoms with E-state index >= 15 is 0 Å². The van der Waals surface area contributed by atoms with Crippen molar-refractivity contribution in [2.24, 2.45) is 17.1 Å². The Kier molecular flexibility index (Phi) is 4.73. The second kappa shape index (κ2) is 5.69. The number of hydrogen-bond donors (Lipinski definition) is 1. The van der Waals surface area contributed by atoms with Crippen LogP contribution in [-0.4, -0.2) is 43.5 Å². The maximum atomic E-state index is 12.4. The Bertz CT molecular complexity index is 332. The molecule has 104 valence electrons. The van der Waals surface area contributed by atoms with Crippen LogP contribution in [0.1, 0.15) is 33.1 Å². The molecule has 18 heavy (non-hydrogen) atoms. The highest BCUT2D eigenvalue weighted by molar-refractivity contribution is 5.84. The van der Waals surface area contributed by atoms with E-state index < -0.39 is 5.41 Å². The number of amides is 1. The fraction of sp³-hybridized carbons (Fsp3) is 0.846. The summed E-state index contributed by atoms with van der Waals surface area (Å²) in [5.41, 5.74) is 5.55. The molecule has 0 aromatic rings. The van der Waals surface area contributed by atoms with E-state index in [1.165, 1.54) is 7.11 Å². The van der Waals surface area contributed by atoms with Crippen LogP contribution >= 0.6 is 0 Å². The normalized spacial score (nSPS) is 28.8.